The second-order valence-electron chi connectivity index (χ2n) is 10.0. The van der Waals surface area contributed by atoms with Crippen LogP contribution in [0, 0.1) is 0 Å². The van der Waals surface area contributed by atoms with Gasteiger partial charge in [0.2, 0.25) is 5.91 Å². The molecule has 0 spiro atoms. The summed E-state index contributed by atoms with van der Waals surface area (Å²) >= 11 is 1.45. The Bertz CT molecular complexity index is 1050. The number of carboxylic acids is 2. The zero-order chi connectivity index (χ0) is 28.6. The number of aryl methyl sites for hydroxylation is 1. The van der Waals surface area contributed by atoms with Gasteiger partial charge in [-0.25, -0.2) is 0 Å². The van der Waals surface area contributed by atoms with E-state index in [1.54, 1.807) is 18.2 Å². The fraction of sp³-hybridized carbons (Fsp3) is 0.516. The number of carboxylic acid groups (broad SMARTS) is 2. The van der Waals surface area contributed by atoms with E-state index in [2.05, 4.69) is 19.1 Å². The topological polar surface area (TPSA) is 115 Å². The van der Waals surface area contributed by atoms with Gasteiger partial charge in [0.15, 0.2) is 0 Å². The molecule has 10 heteroatoms. The third-order valence-corrected chi connectivity index (χ3v) is 8.13. The predicted octanol–water partition coefficient (Wildman–Crippen LogP) is 5.57. The zero-order valence-corrected chi connectivity index (χ0v) is 24.0. The molecule has 0 aliphatic heterocycles. The standard InChI is InChI=1S/C31H43NO6S.2Na.2H/c1-3-4-5-6-7-8-9-12-23-17-19-24(20-18-23)31(27(33)15-11-16-29(35)36)39-26-14-10-13-25(21-26)32(2)28(34)22-30(37)38;;;;/h10,13-14,17-21,27,31,33H,3-9,11-12,15-16,22H2,1-2H3,(H,35,36)(H,37,38);;;;. The first-order valence-electron chi connectivity index (χ1n) is 13.9. The molecule has 0 bridgehead atoms. The van der Waals surface area contributed by atoms with Crippen LogP contribution in [0.3, 0.4) is 0 Å². The number of aliphatic hydroxyl groups excluding tert-OH is 1. The van der Waals surface area contributed by atoms with Crippen LogP contribution in [0.1, 0.15) is 93.9 Å². The van der Waals surface area contributed by atoms with Gasteiger partial charge in [0, 0.05) is 24.1 Å². The van der Waals surface area contributed by atoms with Crippen LogP contribution < -0.4 is 4.90 Å². The van der Waals surface area contributed by atoms with Gasteiger partial charge in [0.25, 0.3) is 0 Å². The number of nitrogens with zero attached hydrogens (tertiary/aromatic N) is 1. The van der Waals surface area contributed by atoms with Gasteiger partial charge >= 0.3 is 71.1 Å². The molecule has 3 N–H and O–H groups in total. The van der Waals surface area contributed by atoms with Gasteiger partial charge in [0.1, 0.15) is 6.42 Å². The van der Waals surface area contributed by atoms with Crippen LogP contribution in [0.4, 0.5) is 5.69 Å². The summed E-state index contributed by atoms with van der Waals surface area (Å²) in [5, 5.41) is 28.7. The molecule has 0 fully saturated rings. The van der Waals surface area contributed by atoms with Crippen LogP contribution in [-0.4, -0.2) is 105 Å². The van der Waals surface area contributed by atoms with Gasteiger partial charge in [-0.3, -0.25) is 14.4 Å². The Kier molecular flexibility index (Phi) is 22.2. The fourth-order valence-electron chi connectivity index (χ4n) is 4.45. The summed E-state index contributed by atoms with van der Waals surface area (Å²) < 4.78 is 0. The number of carbonyl (C=O) groups is 3. The van der Waals surface area contributed by atoms with Crippen LogP contribution in [0.2, 0.25) is 0 Å². The maximum absolute atomic E-state index is 12.2. The van der Waals surface area contributed by atoms with Gasteiger partial charge < -0.3 is 20.2 Å². The van der Waals surface area contributed by atoms with Gasteiger partial charge in [-0.2, -0.15) is 0 Å². The predicted molar refractivity (Wildman–Crippen MR) is 171 cm³/mol. The molecule has 2 aromatic carbocycles. The number of benzene rings is 2. The Hall–Kier alpha value is -0.840. The van der Waals surface area contributed by atoms with Crippen molar-refractivity contribution in [2.45, 2.75) is 100 Å². The molecule has 41 heavy (non-hydrogen) atoms. The number of thioether (sulfide) groups is 1. The first-order valence-corrected chi connectivity index (χ1v) is 14.8. The molecular formula is C31H45NNa2O6S. The SMILES string of the molecule is CCCCCCCCCc1ccc(C(Sc2cccc(N(C)C(=O)CC(=O)O)c2)C(O)CCCC(=O)O)cc1.[NaH].[NaH]. The molecule has 0 aliphatic rings. The normalized spacial score (nSPS) is 12.0. The van der Waals surface area contributed by atoms with Gasteiger partial charge in [-0.05, 0) is 55.0 Å². The number of hydrogen-bond donors (Lipinski definition) is 3. The van der Waals surface area contributed by atoms with E-state index in [4.69, 9.17) is 10.2 Å². The van der Waals surface area contributed by atoms with Gasteiger partial charge in [0.05, 0.1) is 11.4 Å². The Morgan fingerprint density at radius 1 is 0.854 bits per heavy atom. The number of anilines is 1. The van der Waals surface area contributed by atoms with Crippen LogP contribution in [-0.2, 0) is 20.8 Å². The second kappa shape index (κ2) is 22.7. The molecule has 0 saturated heterocycles. The first-order chi connectivity index (χ1) is 18.7. The molecule has 218 valence electrons. The summed E-state index contributed by atoms with van der Waals surface area (Å²) in [5.74, 6) is -2.59. The summed E-state index contributed by atoms with van der Waals surface area (Å²) in [7, 11) is 1.54. The second-order valence-corrected chi connectivity index (χ2v) is 11.2. The Labute approximate surface area is 293 Å². The molecule has 0 aromatic heterocycles. The van der Waals surface area contributed by atoms with E-state index < -0.39 is 30.4 Å². The molecule has 2 unspecified atom stereocenters. The molecule has 0 aliphatic carbocycles. The third-order valence-electron chi connectivity index (χ3n) is 6.76. The van der Waals surface area contributed by atoms with Crippen molar-refractivity contribution in [2.75, 3.05) is 11.9 Å². The van der Waals surface area contributed by atoms with Crippen molar-refractivity contribution in [3.63, 3.8) is 0 Å². The summed E-state index contributed by atoms with van der Waals surface area (Å²) in [5.41, 5.74) is 2.78. The van der Waals surface area contributed by atoms with Crippen molar-refractivity contribution >= 4 is 94.4 Å². The third kappa shape index (κ3) is 16.0. The van der Waals surface area contributed by atoms with Crippen molar-refractivity contribution < 1.29 is 29.7 Å². The maximum atomic E-state index is 12.2. The van der Waals surface area contributed by atoms with E-state index in [1.165, 1.54) is 67.8 Å². The van der Waals surface area contributed by atoms with Crippen LogP contribution >= 0.6 is 11.8 Å². The van der Waals surface area contributed by atoms with Crippen molar-refractivity contribution in [3.8, 4) is 0 Å². The number of aliphatic carboxylic acids is 2. The summed E-state index contributed by atoms with van der Waals surface area (Å²) in [4.78, 5) is 36.3. The van der Waals surface area contributed by atoms with Crippen LogP contribution in [0.25, 0.3) is 0 Å². The zero-order valence-electron chi connectivity index (χ0n) is 23.2. The minimum atomic E-state index is -1.18. The summed E-state index contributed by atoms with van der Waals surface area (Å²) in [6.45, 7) is 2.23. The number of carbonyl (C=O) groups excluding carboxylic acids is 1. The molecule has 2 rings (SSSR count). The first kappa shape index (κ1) is 40.2. The average molecular weight is 606 g/mol. The van der Waals surface area contributed by atoms with E-state index in [0.29, 0.717) is 18.5 Å². The van der Waals surface area contributed by atoms with Crippen molar-refractivity contribution in [1.29, 1.82) is 0 Å². The summed E-state index contributed by atoms with van der Waals surface area (Å²) in [6.07, 6.45) is 9.22. The van der Waals surface area contributed by atoms with Crippen molar-refractivity contribution in [2.24, 2.45) is 0 Å². The Balaban J connectivity index is 0.00000800. The number of aliphatic hydroxyl groups is 1. The van der Waals surface area contributed by atoms with Crippen molar-refractivity contribution in [1.82, 2.24) is 0 Å². The molecule has 0 heterocycles. The minimum absolute atomic E-state index is 0. The van der Waals surface area contributed by atoms with Gasteiger partial charge in [-0.15, -0.1) is 11.8 Å². The van der Waals surface area contributed by atoms with Crippen LogP contribution in [0.5, 0.6) is 0 Å². The molecule has 2 atom stereocenters. The average Bonchev–Trinajstić information content (AvgIpc) is 2.90. The van der Waals surface area contributed by atoms with E-state index in [-0.39, 0.29) is 70.8 Å². The fourth-order valence-corrected chi connectivity index (χ4v) is 5.67. The quantitative estimate of drug-likeness (QED) is 0.0830. The van der Waals surface area contributed by atoms with E-state index >= 15 is 0 Å². The van der Waals surface area contributed by atoms with Crippen LogP contribution in [0.15, 0.2) is 53.4 Å². The number of amides is 1. The van der Waals surface area contributed by atoms with E-state index in [9.17, 15) is 19.5 Å². The summed E-state index contributed by atoms with van der Waals surface area (Å²) in [6, 6.07) is 15.5. The molecule has 0 radical (unpaired) electrons. The number of hydrogen-bond acceptors (Lipinski definition) is 5. The van der Waals surface area contributed by atoms with Gasteiger partial charge in [-0.1, -0.05) is 75.8 Å². The number of unbranched alkanes of at least 4 members (excludes halogenated alkanes) is 6. The molecule has 1 amide bonds. The molecule has 2 aromatic rings. The number of rotatable bonds is 19. The van der Waals surface area contributed by atoms with E-state index in [0.717, 1.165) is 23.3 Å². The Morgan fingerprint density at radius 3 is 2.10 bits per heavy atom. The monoisotopic (exact) mass is 605 g/mol. The molecule has 7 nitrogen and oxygen atoms in total. The molecular weight excluding hydrogens is 560 g/mol. The molecule has 0 saturated carbocycles. The Morgan fingerprint density at radius 2 is 1.49 bits per heavy atom. The van der Waals surface area contributed by atoms with Crippen molar-refractivity contribution in [3.05, 3.63) is 59.7 Å². The van der Waals surface area contributed by atoms with E-state index in [1.807, 2.05) is 18.2 Å².